The normalized spacial score (nSPS) is 22.1. The highest BCUT2D eigenvalue weighted by Crippen LogP contribution is 2.61. The molecule has 4 aromatic carbocycles. The molecule has 0 N–H and O–H groups in total. The monoisotopic (exact) mass is 513 g/mol. The summed E-state index contributed by atoms with van der Waals surface area (Å²) in [6.07, 6.45) is 3.76. The first-order valence-electron chi connectivity index (χ1n) is 13.0. The predicted octanol–water partition coefficient (Wildman–Crippen LogP) is 6.45. The summed E-state index contributed by atoms with van der Waals surface area (Å²) in [5.41, 5.74) is 2.18. The van der Waals surface area contributed by atoms with E-state index in [0.29, 0.717) is 16.7 Å². The van der Waals surface area contributed by atoms with E-state index in [9.17, 15) is 14.4 Å². The third kappa shape index (κ3) is 3.07. The van der Waals surface area contributed by atoms with Crippen LogP contribution in [0, 0.1) is 18.2 Å². The maximum Gasteiger partial charge on any atom is 0.185 e. The molecule has 1 saturated heterocycles. The second-order valence-electron chi connectivity index (χ2n) is 10.5. The Labute approximate surface area is 225 Å². The van der Waals surface area contributed by atoms with Gasteiger partial charge in [0.15, 0.2) is 17.3 Å². The number of benzene rings is 4. The van der Waals surface area contributed by atoms with E-state index >= 15 is 4.39 Å². The molecule has 4 aromatic rings. The highest BCUT2D eigenvalue weighted by molar-refractivity contribution is 6.32. The van der Waals surface area contributed by atoms with Crippen LogP contribution in [0.15, 0.2) is 103 Å². The molecule has 0 radical (unpaired) electrons. The molecule has 0 bridgehead atoms. The molecule has 3 aliphatic rings. The molecule has 39 heavy (non-hydrogen) atoms. The van der Waals surface area contributed by atoms with Gasteiger partial charge in [0.1, 0.15) is 17.3 Å². The molecule has 5 heteroatoms. The maximum absolute atomic E-state index is 15.8. The van der Waals surface area contributed by atoms with Gasteiger partial charge in [-0.1, -0.05) is 97.1 Å². The fourth-order valence-electron chi connectivity index (χ4n) is 6.92. The second kappa shape index (κ2) is 8.43. The minimum Gasteiger partial charge on any atom is -0.352 e. The number of halogens is 1. The Morgan fingerprint density at radius 1 is 0.821 bits per heavy atom. The Morgan fingerprint density at radius 3 is 2.15 bits per heavy atom. The quantitative estimate of drug-likeness (QED) is 0.233. The van der Waals surface area contributed by atoms with E-state index in [-0.39, 0.29) is 22.9 Å². The molecule has 2 aliphatic heterocycles. The van der Waals surface area contributed by atoms with Gasteiger partial charge in [0, 0.05) is 28.3 Å². The highest BCUT2D eigenvalue weighted by Gasteiger charge is 2.71. The van der Waals surface area contributed by atoms with Crippen LogP contribution in [0.3, 0.4) is 0 Å². The minimum absolute atomic E-state index is 0.193. The van der Waals surface area contributed by atoms with E-state index in [4.69, 9.17) is 0 Å². The smallest absolute Gasteiger partial charge is 0.185 e. The Kier molecular flexibility index (Phi) is 5.08. The van der Waals surface area contributed by atoms with Gasteiger partial charge in [0.05, 0.1) is 6.04 Å². The van der Waals surface area contributed by atoms with Crippen molar-refractivity contribution in [3.05, 3.63) is 142 Å². The summed E-state index contributed by atoms with van der Waals surface area (Å²) < 4.78 is 15.8. The van der Waals surface area contributed by atoms with Gasteiger partial charge in [0.2, 0.25) is 0 Å². The van der Waals surface area contributed by atoms with Crippen LogP contribution in [0.2, 0.25) is 0 Å². The number of aryl methyl sites for hydroxylation is 1. The molecule has 0 saturated carbocycles. The molecule has 0 amide bonds. The van der Waals surface area contributed by atoms with Crippen LogP contribution in [-0.4, -0.2) is 29.4 Å². The number of fused-ring (bicyclic) bond motifs is 5. The molecule has 0 aromatic heterocycles. The molecular weight excluding hydrogens is 489 g/mol. The number of rotatable bonds is 3. The van der Waals surface area contributed by atoms with Crippen molar-refractivity contribution in [2.45, 2.75) is 24.9 Å². The third-order valence-electron chi connectivity index (χ3n) is 8.53. The number of nitrogens with zero attached hydrogens (tertiary/aromatic N) is 1. The second-order valence-corrected chi connectivity index (χ2v) is 10.5. The number of Topliss-reactive ketones (excluding diaryl/α,β-unsaturated/α-hetero) is 3. The first kappa shape index (κ1) is 23.5. The topological polar surface area (TPSA) is 54.5 Å². The molecule has 7 rings (SSSR count). The predicted molar refractivity (Wildman–Crippen MR) is 148 cm³/mol. The van der Waals surface area contributed by atoms with Crippen LogP contribution >= 0.6 is 0 Å². The summed E-state index contributed by atoms with van der Waals surface area (Å²) in [5.74, 6) is -2.59. The summed E-state index contributed by atoms with van der Waals surface area (Å²) in [5, 5.41) is 0. The molecule has 2 heterocycles. The van der Waals surface area contributed by atoms with E-state index in [2.05, 4.69) is 0 Å². The summed E-state index contributed by atoms with van der Waals surface area (Å²) in [6.45, 7) is 1.96. The number of hydrogen-bond acceptors (Lipinski definition) is 4. The van der Waals surface area contributed by atoms with Gasteiger partial charge in [-0.15, -0.1) is 0 Å². The van der Waals surface area contributed by atoms with Gasteiger partial charge in [0.25, 0.3) is 0 Å². The van der Waals surface area contributed by atoms with Crippen molar-refractivity contribution in [3.8, 4) is 0 Å². The van der Waals surface area contributed by atoms with Gasteiger partial charge in [-0.25, -0.2) is 4.39 Å². The van der Waals surface area contributed by atoms with Crippen LogP contribution in [-0.2, 0) is 0 Å². The van der Waals surface area contributed by atoms with Crippen molar-refractivity contribution in [1.29, 1.82) is 0 Å². The Bertz CT molecular complexity index is 1690. The van der Waals surface area contributed by atoms with E-state index in [0.717, 1.165) is 16.8 Å². The van der Waals surface area contributed by atoms with Crippen molar-refractivity contribution in [1.82, 2.24) is 0 Å². The summed E-state index contributed by atoms with van der Waals surface area (Å²) in [7, 11) is 0. The lowest BCUT2D eigenvalue weighted by molar-refractivity contribution is 0.0664. The Hall–Kier alpha value is -4.64. The number of carbonyl (C=O) groups excluding carboxylic acids is 3. The van der Waals surface area contributed by atoms with Crippen molar-refractivity contribution in [2.75, 3.05) is 4.90 Å². The summed E-state index contributed by atoms with van der Waals surface area (Å²) >= 11 is 0. The van der Waals surface area contributed by atoms with Crippen molar-refractivity contribution in [2.24, 2.45) is 5.41 Å². The number of carbonyl (C=O) groups is 3. The maximum atomic E-state index is 15.8. The molecule has 1 fully saturated rings. The van der Waals surface area contributed by atoms with Gasteiger partial charge < -0.3 is 4.90 Å². The molecule has 0 unspecified atom stereocenters. The van der Waals surface area contributed by atoms with Gasteiger partial charge in [-0.05, 0) is 35.7 Å². The molecule has 4 nitrogen and oxygen atoms in total. The first-order chi connectivity index (χ1) is 18.9. The number of hydrogen-bond donors (Lipinski definition) is 0. The van der Waals surface area contributed by atoms with Gasteiger partial charge >= 0.3 is 0 Å². The summed E-state index contributed by atoms with van der Waals surface area (Å²) in [6, 6.07) is 26.0. The average molecular weight is 514 g/mol. The van der Waals surface area contributed by atoms with E-state index < -0.39 is 29.2 Å². The molecule has 190 valence electrons. The average Bonchev–Trinajstić information content (AvgIpc) is 3.39. The number of anilines is 1. The van der Waals surface area contributed by atoms with Crippen LogP contribution in [0.4, 0.5) is 10.1 Å². The van der Waals surface area contributed by atoms with Crippen molar-refractivity contribution < 1.29 is 18.8 Å². The molecule has 3 atom stereocenters. The lowest BCUT2D eigenvalue weighted by atomic mass is 9.64. The minimum atomic E-state index is -1.71. The molecule has 1 spiro atoms. The largest absolute Gasteiger partial charge is 0.352 e. The highest BCUT2D eigenvalue weighted by atomic mass is 19.1. The fourth-order valence-corrected chi connectivity index (χ4v) is 6.92. The lowest BCUT2D eigenvalue weighted by Gasteiger charge is -2.37. The van der Waals surface area contributed by atoms with Crippen molar-refractivity contribution >= 4 is 29.1 Å². The van der Waals surface area contributed by atoms with Crippen LogP contribution in [0.25, 0.3) is 6.08 Å². The molecule has 1 aliphatic carbocycles. The van der Waals surface area contributed by atoms with Crippen molar-refractivity contribution in [3.63, 3.8) is 0 Å². The van der Waals surface area contributed by atoms with Crippen LogP contribution in [0.1, 0.15) is 53.7 Å². The Morgan fingerprint density at radius 2 is 1.46 bits per heavy atom. The van der Waals surface area contributed by atoms with Crippen LogP contribution in [0.5, 0.6) is 0 Å². The number of ketones is 3. The zero-order valence-corrected chi connectivity index (χ0v) is 21.2. The van der Waals surface area contributed by atoms with E-state index in [1.54, 1.807) is 66.7 Å². The SMILES string of the molecule is Cc1ccc2c(c1)N1[C@H](C(=O)c3ccccc3)[C@@H](c3ccccc3F)C3(C(=O)c4ccccc4C3=O)[C@H]1C=C2. The molecular formula is C34H24FNO3. The van der Waals surface area contributed by atoms with E-state index in [1.165, 1.54) is 6.07 Å². The Balaban J connectivity index is 1.58. The first-order valence-corrected chi connectivity index (χ1v) is 13.0. The van der Waals surface area contributed by atoms with Gasteiger partial charge in [-0.2, -0.15) is 0 Å². The zero-order valence-electron chi connectivity index (χ0n) is 21.2. The van der Waals surface area contributed by atoms with Gasteiger partial charge in [-0.3, -0.25) is 14.4 Å². The lowest BCUT2D eigenvalue weighted by Crippen LogP contribution is -2.48. The van der Waals surface area contributed by atoms with E-state index in [1.807, 2.05) is 48.2 Å². The zero-order chi connectivity index (χ0) is 26.9. The van der Waals surface area contributed by atoms with Crippen LogP contribution < -0.4 is 4.90 Å². The fraction of sp³-hybridized carbons (Fsp3) is 0.147. The summed E-state index contributed by atoms with van der Waals surface area (Å²) in [4.78, 5) is 45.5. The standard InChI is InChI=1S/C34H24FNO3/c1-20-15-16-21-17-18-28-34(32(38)23-11-5-6-12-24(23)33(34)39)29(25-13-7-8-14-26(25)35)30(36(28)27(21)19-20)31(37)22-9-3-2-4-10-22/h2-19,28-30H,1H3/t28-,29-,30+/m1/s1. The third-order valence-corrected chi connectivity index (χ3v) is 8.53.